The van der Waals surface area contributed by atoms with E-state index >= 15 is 0 Å². The molecule has 15 heavy (non-hydrogen) atoms. The van der Waals surface area contributed by atoms with Gasteiger partial charge in [0.1, 0.15) is 5.01 Å². The van der Waals surface area contributed by atoms with Gasteiger partial charge in [0.25, 0.3) is 0 Å². The molecule has 0 spiro atoms. The van der Waals surface area contributed by atoms with Crippen LogP contribution in [0, 0.1) is 25.2 Å². The lowest BCUT2D eigenvalue weighted by atomic mass is 10.1. The van der Waals surface area contributed by atoms with Crippen LogP contribution in [-0.2, 0) is 6.54 Å². The Labute approximate surface area is 96.1 Å². The molecule has 1 aliphatic carbocycles. The maximum atomic E-state index is 4.52. The van der Waals surface area contributed by atoms with E-state index in [1.807, 2.05) is 11.3 Å². The van der Waals surface area contributed by atoms with E-state index in [1.54, 1.807) is 0 Å². The molecule has 1 heterocycles. The Morgan fingerprint density at radius 1 is 1.47 bits per heavy atom. The molecular formula is C12H20N2S. The molecule has 1 aliphatic rings. The third-order valence-corrected chi connectivity index (χ3v) is 4.53. The highest BCUT2D eigenvalue weighted by Gasteiger charge is 2.44. The van der Waals surface area contributed by atoms with Crippen LogP contribution in [0.2, 0.25) is 0 Å². The van der Waals surface area contributed by atoms with Gasteiger partial charge in [0.2, 0.25) is 0 Å². The normalized spacial score (nSPS) is 23.1. The molecule has 1 unspecified atom stereocenters. The van der Waals surface area contributed by atoms with Crippen molar-refractivity contribution in [2.45, 2.75) is 40.7 Å². The van der Waals surface area contributed by atoms with Gasteiger partial charge in [-0.1, -0.05) is 13.8 Å². The van der Waals surface area contributed by atoms with Crippen molar-refractivity contribution in [1.29, 1.82) is 0 Å². The fraction of sp³-hybridized carbons (Fsp3) is 0.750. The molecule has 1 aromatic rings. The van der Waals surface area contributed by atoms with Crippen LogP contribution in [0.1, 0.15) is 35.8 Å². The van der Waals surface area contributed by atoms with Crippen LogP contribution < -0.4 is 5.32 Å². The van der Waals surface area contributed by atoms with Gasteiger partial charge < -0.3 is 5.32 Å². The molecule has 1 atom stereocenters. The summed E-state index contributed by atoms with van der Waals surface area (Å²) in [6, 6.07) is 0. The number of aryl methyl sites for hydroxylation is 2. The van der Waals surface area contributed by atoms with Gasteiger partial charge >= 0.3 is 0 Å². The summed E-state index contributed by atoms with van der Waals surface area (Å²) in [5, 5.41) is 4.73. The average molecular weight is 224 g/mol. The largest absolute Gasteiger partial charge is 0.310 e. The highest BCUT2D eigenvalue weighted by atomic mass is 32.1. The number of nitrogens with one attached hydrogen (secondary N) is 1. The van der Waals surface area contributed by atoms with Crippen LogP contribution >= 0.6 is 11.3 Å². The smallest absolute Gasteiger partial charge is 0.107 e. The predicted octanol–water partition coefficient (Wildman–Crippen LogP) is 2.90. The topological polar surface area (TPSA) is 24.9 Å². The maximum absolute atomic E-state index is 4.52. The molecule has 0 amide bonds. The average Bonchev–Trinajstić information content (AvgIpc) is 2.59. The van der Waals surface area contributed by atoms with Crippen molar-refractivity contribution in [3.05, 3.63) is 15.6 Å². The Hall–Kier alpha value is -0.410. The molecule has 1 fully saturated rings. The van der Waals surface area contributed by atoms with E-state index in [9.17, 15) is 0 Å². The summed E-state index contributed by atoms with van der Waals surface area (Å²) >= 11 is 1.81. The Bertz CT molecular complexity index is 335. The molecule has 0 radical (unpaired) electrons. The first kappa shape index (κ1) is 11.1. The van der Waals surface area contributed by atoms with Gasteiger partial charge in [-0.3, -0.25) is 0 Å². The first-order valence-electron chi connectivity index (χ1n) is 5.62. The molecule has 1 N–H and O–H groups in total. The summed E-state index contributed by atoms with van der Waals surface area (Å²) in [6.07, 6.45) is 1.37. The summed E-state index contributed by atoms with van der Waals surface area (Å²) in [6.45, 7) is 11.0. The molecule has 84 valence electrons. The van der Waals surface area contributed by atoms with Crippen molar-refractivity contribution >= 4 is 11.3 Å². The third kappa shape index (κ3) is 2.58. The van der Waals surface area contributed by atoms with E-state index in [0.29, 0.717) is 5.41 Å². The second-order valence-electron chi connectivity index (χ2n) is 5.27. The zero-order valence-electron chi connectivity index (χ0n) is 10.1. The summed E-state index contributed by atoms with van der Waals surface area (Å²) in [4.78, 5) is 5.87. The molecule has 0 bridgehead atoms. The first-order chi connectivity index (χ1) is 6.99. The van der Waals surface area contributed by atoms with E-state index in [2.05, 4.69) is 38.0 Å². The van der Waals surface area contributed by atoms with Crippen molar-refractivity contribution in [1.82, 2.24) is 10.3 Å². The van der Waals surface area contributed by atoms with Crippen LogP contribution in [0.4, 0.5) is 0 Å². The molecule has 1 saturated carbocycles. The number of rotatable bonds is 4. The van der Waals surface area contributed by atoms with Gasteiger partial charge in [0.05, 0.1) is 5.69 Å². The van der Waals surface area contributed by atoms with Crippen LogP contribution in [0.5, 0.6) is 0 Å². The van der Waals surface area contributed by atoms with E-state index in [4.69, 9.17) is 0 Å². The van der Waals surface area contributed by atoms with Crippen molar-refractivity contribution < 1.29 is 0 Å². The molecule has 0 aromatic carbocycles. The van der Waals surface area contributed by atoms with Gasteiger partial charge in [0, 0.05) is 11.4 Å². The lowest BCUT2D eigenvalue weighted by Gasteiger charge is -2.03. The SMILES string of the molecule is Cc1nc(CNCC2CC2(C)C)sc1C. The maximum Gasteiger partial charge on any atom is 0.107 e. The van der Waals surface area contributed by atoms with E-state index in [1.165, 1.54) is 22.0 Å². The fourth-order valence-corrected chi connectivity index (χ4v) is 2.80. The quantitative estimate of drug-likeness (QED) is 0.850. The van der Waals surface area contributed by atoms with Crippen molar-refractivity contribution in [2.75, 3.05) is 6.54 Å². The zero-order valence-corrected chi connectivity index (χ0v) is 10.9. The van der Waals surface area contributed by atoms with Crippen molar-refractivity contribution in [2.24, 2.45) is 11.3 Å². The number of nitrogens with zero attached hydrogens (tertiary/aromatic N) is 1. The van der Waals surface area contributed by atoms with Gasteiger partial charge in [-0.15, -0.1) is 11.3 Å². The van der Waals surface area contributed by atoms with E-state index < -0.39 is 0 Å². The molecule has 0 aliphatic heterocycles. The van der Waals surface area contributed by atoms with Crippen LogP contribution in [-0.4, -0.2) is 11.5 Å². The molecule has 2 nitrogen and oxygen atoms in total. The number of thiazole rings is 1. The minimum absolute atomic E-state index is 0.585. The lowest BCUT2D eigenvalue weighted by molar-refractivity contribution is 0.519. The Balaban J connectivity index is 1.75. The summed E-state index contributed by atoms with van der Waals surface area (Å²) in [5.74, 6) is 0.875. The molecular weight excluding hydrogens is 204 g/mol. The molecule has 0 saturated heterocycles. The number of aromatic nitrogens is 1. The number of hydrogen-bond acceptors (Lipinski definition) is 3. The number of hydrogen-bond donors (Lipinski definition) is 1. The minimum atomic E-state index is 0.585. The second-order valence-corrected chi connectivity index (χ2v) is 6.56. The van der Waals surface area contributed by atoms with Gasteiger partial charge in [-0.25, -0.2) is 4.98 Å². The molecule has 3 heteroatoms. The van der Waals surface area contributed by atoms with Crippen LogP contribution in [0.3, 0.4) is 0 Å². The third-order valence-electron chi connectivity index (χ3n) is 3.46. The van der Waals surface area contributed by atoms with Gasteiger partial charge in [0.15, 0.2) is 0 Å². The summed E-state index contributed by atoms with van der Waals surface area (Å²) in [5.41, 5.74) is 1.77. The Morgan fingerprint density at radius 3 is 2.60 bits per heavy atom. The monoisotopic (exact) mass is 224 g/mol. The van der Waals surface area contributed by atoms with Gasteiger partial charge in [-0.2, -0.15) is 0 Å². The summed E-state index contributed by atoms with van der Waals surface area (Å²) in [7, 11) is 0. The lowest BCUT2D eigenvalue weighted by Crippen LogP contribution is -2.17. The first-order valence-corrected chi connectivity index (χ1v) is 6.44. The second kappa shape index (κ2) is 3.87. The minimum Gasteiger partial charge on any atom is -0.310 e. The van der Waals surface area contributed by atoms with E-state index in [-0.39, 0.29) is 0 Å². The van der Waals surface area contributed by atoms with Gasteiger partial charge in [-0.05, 0) is 38.1 Å². The van der Waals surface area contributed by atoms with Crippen LogP contribution in [0.15, 0.2) is 0 Å². The fourth-order valence-electron chi connectivity index (χ4n) is 1.89. The van der Waals surface area contributed by atoms with Crippen LogP contribution in [0.25, 0.3) is 0 Å². The van der Waals surface area contributed by atoms with E-state index in [0.717, 1.165) is 19.0 Å². The Kier molecular flexibility index (Phi) is 2.86. The highest BCUT2D eigenvalue weighted by molar-refractivity contribution is 7.11. The van der Waals surface area contributed by atoms with Crippen molar-refractivity contribution in [3.8, 4) is 0 Å². The zero-order chi connectivity index (χ0) is 11.1. The molecule has 1 aromatic heterocycles. The standard InChI is InChI=1S/C12H20N2S/c1-8-9(2)15-11(14-8)7-13-6-10-5-12(10,3)4/h10,13H,5-7H2,1-4H3. The predicted molar refractivity (Wildman–Crippen MR) is 65.2 cm³/mol. The van der Waals surface area contributed by atoms with Crippen molar-refractivity contribution in [3.63, 3.8) is 0 Å². The highest BCUT2D eigenvalue weighted by Crippen LogP contribution is 2.50. The Morgan fingerprint density at radius 2 is 2.13 bits per heavy atom. The summed E-state index contributed by atoms with van der Waals surface area (Å²) < 4.78 is 0. The molecule has 2 rings (SSSR count).